The summed E-state index contributed by atoms with van der Waals surface area (Å²) in [7, 11) is -3.84. The molecule has 0 saturated heterocycles. The normalized spacial score (nSPS) is 12.7. The number of aromatic nitrogens is 2. The SMILES string of the molecule is CCC(C)(C)c1ccc(Oc2ccc(-c3nc4cc(S(=O)(=O)c5ccc6oc(C(C)(C)CC)nc6c5)ccc4o3)cc2)cc1. The second-order valence-corrected chi connectivity index (χ2v) is 14.4. The van der Waals surface area contributed by atoms with E-state index in [0.29, 0.717) is 39.7 Å². The lowest BCUT2D eigenvalue weighted by Crippen LogP contribution is -2.15. The molecule has 0 spiro atoms. The molecule has 0 amide bonds. The maximum absolute atomic E-state index is 13.6. The fraction of sp³-hybridized carbons (Fsp3) is 0.278. The molecule has 0 fully saturated rings. The molecule has 226 valence electrons. The van der Waals surface area contributed by atoms with Gasteiger partial charge in [0.05, 0.1) is 9.79 Å². The summed E-state index contributed by atoms with van der Waals surface area (Å²) in [6.45, 7) is 12.8. The molecule has 7 nitrogen and oxygen atoms in total. The van der Waals surface area contributed by atoms with Gasteiger partial charge in [-0.15, -0.1) is 0 Å². The van der Waals surface area contributed by atoms with Crippen LogP contribution in [0.4, 0.5) is 0 Å². The van der Waals surface area contributed by atoms with Gasteiger partial charge in [0.1, 0.15) is 22.5 Å². The summed E-state index contributed by atoms with van der Waals surface area (Å²) in [4.78, 5) is 9.45. The van der Waals surface area contributed by atoms with Crippen LogP contribution < -0.4 is 4.74 Å². The van der Waals surface area contributed by atoms with Crippen LogP contribution in [0.3, 0.4) is 0 Å². The maximum Gasteiger partial charge on any atom is 0.227 e. The van der Waals surface area contributed by atoms with Crippen molar-refractivity contribution in [2.45, 2.75) is 75.0 Å². The Morgan fingerprint density at radius 2 is 1.18 bits per heavy atom. The van der Waals surface area contributed by atoms with Crippen molar-refractivity contribution in [3.05, 3.63) is 96.4 Å². The maximum atomic E-state index is 13.6. The van der Waals surface area contributed by atoms with Gasteiger partial charge in [-0.05, 0) is 96.6 Å². The van der Waals surface area contributed by atoms with E-state index in [2.05, 4.69) is 49.8 Å². The first-order chi connectivity index (χ1) is 20.9. The Kier molecular flexibility index (Phi) is 7.36. The number of fused-ring (bicyclic) bond motifs is 2. The summed E-state index contributed by atoms with van der Waals surface area (Å²) < 4.78 is 45.1. The van der Waals surface area contributed by atoms with Gasteiger partial charge < -0.3 is 13.6 Å². The highest BCUT2D eigenvalue weighted by Crippen LogP contribution is 2.34. The number of nitrogens with zero attached hydrogens (tertiary/aromatic N) is 2. The Morgan fingerprint density at radius 1 is 0.659 bits per heavy atom. The van der Waals surface area contributed by atoms with Gasteiger partial charge in [0.2, 0.25) is 21.6 Å². The zero-order valence-electron chi connectivity index (χ0n) is 25.8. The molecule has 4 aromatic carbocycles. The Hall–Kier alpha value is -4.43. The van der Waals surface area contributed by atoms with Crippen LogP contribution in [0.5, 0.6) is 11.5 Å². The number of hydrogen-bond acceptors (Lipinski definition) is 7. The summed E-state index contributed by atoms with van der Waals surface area (Å²) in [5, 5.41) is 0. The highest BCUT2D eigenvalue weighted by atomic mass is 32.2. The number of oxazole rings is 2. The average Bonchev–Trinajstić information content (AvgIpc) is 3.66. The van der Waals surface area contributed by atoms with Crippen molar-refractivity contribution in [2.75, 3.05) is 0 Å². The number of benzene rings is 4. The summed E-state index contributed by atoms with van der Waals surface area (Å²) >= 11 is 0. The van der Waals surface area contributed by atoms with Crippen molar-refractivity contribution in [1.82, 2.24) is 9.97 Å². The largest absolute Gasteiger partial charge is 0.457 e. The van der Waals surface area contributed by atoms with Crippen LogP contribution in [0.15, 0.2) is 104 Å². The molecule has 0 aliphatic carbocycles. The molecule has 8 heteroatoms. The fourth-order valence-corrected chi connectivity index (χ4v) is 6.13. The smallest absolute Gasteiger partial charge is 0.227 e. The van der Waals surface area contributed by atoms with Crippen LogP contribution in [-0.4, -0.2) is 18.4 Å². The van der Waals surface area contributed by atoms with Crippen LogP contribution >= 0.6 is 0 Å². The number of sulfone groups is 1. The lowest BCUT2D eigenvalue weighted by Gasteiger charge is -2.23. The van der Waals surface area contributed by atoms with Gasteiger partial charge in [-0.25, -0.2) is 18.4 Å². The van der Waals surface area contributed by atoms with Crippen LogP contribution in [0.1, 0.15) is 65.8 Å². The molecule has 44 heavy (non-hydrogen) atoms. The van der Waals surface area contributed by atoms with Gasteiger partial charge in [0.15, 0.2) is 11.2 Å². The van der Waals surface area contributed by atoms with Crippen molar-refractivity contribution in [2.24, 2.45) is 0 Å². The molecule has 6 aromatic rings. The van der Waals surface area contributed by atoms with Crippen LogP contribution in [-0.2, 0) is 20.7 Å². The molecule has 2 aromatic heterocycles. The predicted octanol–water partition coefficient (Wildman–Crippen LogP) is 9.64. The lowest BCUT2D eigenvalue weighted by molar-refractivity contribution is 0.374. The first kappa shape index (κ1) is 29.6. The van der Waals surface area contributed by atoms with Gasteiger partial charge in [-0.3, -0.25) is 0 Å². The molecule has 0 atom stereocenters. The first-order valence-corrected chi connectivity index (χ1v) is 16.3. The van der Waals surface area contributed by atoms with Crippen LogP contribution in [0.25, 0.3) is 33.7 Å². The lowest BCUT2D eigenvalue weighted by atomic mass is 9.82. The van der Waals surface area contributed by atoms with Crippen molar-refractivity contribution in [3.63, 3.8) is 0 Å². The van der Waals surface area contributed by atoms with Gasteiger partial charge in [-0.1, -0.05) is 53.7 Å². The third-order valence-electron chi connectivity index (χ3n) is 8.66. The molecule has 0 N–H and O–H groups in total. The van der Waals surface area contributed by atoms with Gasteiger partial charge in [0.25, 0.3) is 0 Å². The topological polar surface area (TPSA) is 95.4 Å². The van der Waals surface area contributed by atoms with Crippen molar-refractivity contribution >= 4 is 32.0 Å². The molecule has 0 radical (unpaired) electrons. The average molecular weight is 609 g/mol. The number of ether oxygens (including phenoxy) is 1. The van der Waals surface area contributed by atoms with Gasteiger partial charge in [-0.2, -0.15) is 0 Å². The van der Waals surface area contributed by atoms with Crippen molar-refractivity contribution < 1.29 is 22.0 Å². The molecule has 0 aliphatic heterocycles. The highest BCUT2D eigenvalue weighted by Gasteiger charge is 2.26. The minimum Gasteiger partial charge on any atom is -0.457 e. The van der Waals surface area contributed by atoms with E-state index in [4.69, 9.17) is 13.6 Å². The van der Waals surface area contributed by atoms with E-state index in [0.717, 1.165) is 24.2 Å². The standard InChI is InChI=1S/C36H36N2O5S/c1-7-35(3,4)24-11-15-26(16-12-24)41-25-13-9-23(10-14-25)33-37-29-21-27(17-19-31(29)42-33)44(39,40)28-18-20-32-30(22-28)38-34(43-32)36(5,6)8-2/h9-22H,7-8H2,1-6H3. The van der Waals surface area contributed by atoms with E-state index in [1.165, 1.54) is 17.7 Å². The minimum absolute atomic E-state index is 0.118. The second-order valence-electron chi connectivity index (χ2n) is 12.4. The van der Waals surface area contributed by atoms with E-state index in [1.54, 1.807) is 24.3 Å². The molecule has 2 heterocycles. The Bertz CT molecular complexity index is 2070. The molecule has 6 rings (SSSR count). The zero-order chi connectivity index (χ0) is 31.3. The third kappa shape index (κ3) is 5.50. The monoisotopic (exact) mass is 608 g/mol. The molecule has 0 unspecified atom stereocenters. The zero-order valence-corrected chi connectivity index (χ0v) is 26.7. The fourth-order valence-electron chi connectivity index (χ4n) is 4.83. The summed E-state index contributed by atoms with van der Waals surface area (Å²) in [5.74, 6) is 2.43. The van der Waals surface area contributed by atoms with E-state index < -0.39 is 9.84 Å². The third-order valence-corrected chi connectivity index (χ3v) is 10.4. The molecular formula is C36H36N2O5S. The molecule has 0 aliphatic rings. The van der Waals surface area contributed by atoms with E-state index in [9.17, 15) is 8.42 Å². The van der Waals surface area contributed by atoms with Crippen molar-refractivity contribution in [1.29, 1.82) is 0 Å². The van der Waals surface area contributed by atoms with E-state index >= 15 is 0 Å². The summed E-state index contributed by atoms with van der Waals surface area (Å²) in [6, 6.07) is 25.1. The molecule has 0 bridgehead atoms. The van der Waals surface area contributed by atoms with Gasteiger partial charge >= 0.3 is 0 Å². The predicted molar refractivity (Wildman–Crippen MR) is 172 cm³/mol. The summed E-state index contributed by atoms with van der Waals surface area (Å²) in [6.07, 6.45) is 1.90. The summed E-state index contributed by atoms with van der Waals surface area (Å²) in [5.41, 5.74) is 3.90. The van der Waals surface area contributed by atoms with Crippen molar-refractivity contribution in [3.8, 4) is 23.0 Å². The van der Waals surface area contributed by atoms with E-state index in [1.807, 2.05) is 50.2 Å². The van der Waals surface area contributed by atoms with E-state index in [-0.39, 0.29) is 20.6 Å². The Morgan fingerprint density at radius 3 is 1.75 bits per heavy atom. The first-order valence-electron chi connectivity index (χ1n) is 14.9. The number of hydrogen-bond donors (Lipinski definition) is 0. The second kappa shape index (κ2) is 10.9. The molecular weight excluding hydrogens is 572 g/mol. The van der Waals surface area contributed by atoms with Crippen LogP contribution in [0.2, 0.25) is 0 Å². The number of rotatable bonds is 9. The Labute approximate surface area is 257 Å². The minimum atomic E-state index is -3.84. The highest BCUT2D eigenvalue weighted by molar-refractivity contribution is 7.91. The molecule has 0 saturated carbocycles. The Balaban J connectivity index is 1.22. The quantitative estimate of drug-likeness (QED) is 0.161. The van der Waals surface area contributed by atoms with Gasteiger partial charge in [0, 0.05) is 11.0 Å². The van der Waals surface area contributed by atoms with Crippen LogP contribution in [0, 0.1) is 0 Å².